The largest absolute Gasteiger partial charge is 0.493 e. The number of carbonyl (C=O) groups is 1. The fraction of sp³-hybridized carbons (Fsp3) is 0.261. The number of hydrogen-bond acceptors (Lipinski definition) is 5. The lowest BCUT2D eigenvalue weighted by atomic mass is 9.91. The summed E-state index contributed by atoms with van der Waals surface area (Å²) in [5, 5.41) is 5.53. The molecule has 1 aromatic heterocycles. The van der Waals surface area contributed by atoms with Gasteiger partial charge in [-0.25, -0.2) is 0 Å². The van der Waals surface area contributed by atoms with Gasteiger partial charge in [0.25, 0.3) is 0 Å². The lowest BCUT2D eigenvalue weighted by Gasteiger charge is -2.37. The molecule has 7 heteroatoms. The zero-order valence-corrected chi connectivity index (χ0v) is 18.4. The van der Waals surface area contributed by atoms with E-state index in [0.29, 0.717) is 16.5 Å². The van der Waals surface area contributed by atoms with Crippen molar-refractivity contribution in [2.24, 2.45) is 0 Å². The summed E-state index contributed by atoms with van der Waals surface area (Å²) in [7, 11) is 3.29. The van der Waals surface area contributed by atoms with Gasteiger partial charge in [-0.2, -0.15) is 0 Å². The van der Waals surface area contributed by atoms with Gasteiger partial charge in [0.05, 0.1) is 37.5 Å². The van der Waals surface area contributed by atoms with Crippen LogP contribution in [-0.4, -0.2) is 38.1 Å². The number of amides is 1. The monoisotopic (exact) mass is 442 g/mol. The summed E-state index contributed by atoms with van der Waals surface area (Å²) < 4.78 is 11.0. The number of rotatable bonds is 6. The van der Waals surface area contributed by atoms with Crippen molar-refractivity contribution in [1.29, 1.82) is 0 Å². The quantitative estimate of drug-likeness (QED) is 0.583. The molecule has 3 aromatic rings. The average Bonchev–Trinajstić information content (AvgIpc) is 3.28. The van der Waals surface area contributed by atoms with Gasteiger partial charge in [0, 0.05) is 11.4 Å². The molecule has 1 aliphatic rings. The SMILES string of the molecule is COc1cc2c(cc1OC)C(c1cccs1)N(CC(=O)Nc1ccccc1Cl)CC2. The van der Waals surface area contributed by atoms with Crippen LogP contribution in [0.1, 0.15) is 22.0 Å². The van der Waals surface area contributed by atoms with Crippen LogP contribution in [0.25, 0.3) is 0 Å². The summed E-state index contributed by atoms with van der Waals surface area (Å²) in [6, 6.07) is 15.5. The van der Waals surface area contributed by atoms with Crippen molar-refractivity contribution in [2.75, 3.05) is 32.6 Å². The van der Waals surface area contributed by atoms with Crippen LogP contribution >= 0.6 is 22.9 Å². The minimum atomic E-state index is -0.0893. The van der Waals surface area contributed by atoms with Crippen LogP contribution in [0.2, 0.25) is 5.02 Å². The summed E-state index contributed by atoms with van der Waals surface area (Å²) in [5.41, 5.74) is 2.99. The molecule has 156 valence electrons. The van der Waals surface area contributed by atoms with Crippen molar-refractivity contribution in [2.45, 2.75) is 12.5 Å². The highest BCUT2D eigenvalue weighted by Crippen LogP contribution is 2.42. The second-order valence-electron chi connectivity index (χ2n) is 7.07. The van der Waals surface area contributed by atoms with E-state index in [1.54, 1.807) is 37.7 Å². The zero-order valence-electron chi connectivity index (χ0n) is 16.9. The Bertz CT molecular complexity index is 1040. The highest BCUT2D eigenvalue weighted by molar-refractivity contribution is 7.10. The zero-order chi connectivity index (χ0) is 21.1. The Kier molecular flexibility index (Phi) is 6.27. The Morgan fingerprint density at radius 1 is 1.17 bits per heavy atom. The number of nitrogens with one attached hydrogen (secondary N) is 1. The van der Waals surface area contributed by atoms with Gasteiger partial charge in [-0.1, -0.05) is 29.8 Å². The van der Waals surface area contributed by atoms with Gasteiger partial charge in [0.15, 0.2) is 11.5 Å². The van der Waals surface area contributed by atoms with Crippen molar-refractivity contribution in [3.63, 3.8) is 0 Å². The highest BCUT2D eigenvalue weighted by Gasteiger charge is 2.32. The molecule has 1 atom stereocenters. The highest BCUT2D eigenvalue weighted by atomic mass is 35.5. The summed E-state index contributed by atoms with van der Waals surface area (Å²) in [6.07, 6.45) is 0.830. The molecule has 4 rings (SSSR count). The van der Waals surface area contributed by atoms with Gasteiger partial charge < -0.3 is 14.8 Å². The standard InChI is InChI=1S/C23H23ClN2O3S/c1-28-19-12-15-9-10-26(14-22(27)25-18-7-4-3-6-17(18)24)23(21-8-5-11-30-21)16(15)13-20(19)29-2/h3-8,11-13,23H,9-10,14H2,1-2H3,(H,25,27). The van der Waals surface area contributed by atoms with Crippen molar-refractivity contribution < 1.29 is 14.3 Å². The van der Waals surface area contributed by atoms with E-state index in [1.165, 1.54) is 10.4 Å². The number of anilines is 1. The summed E-state index contributed by atoms with van der Waals surface area (Å²) in [6.45, 7) is 1.03. The molecule has 0 aliphatic carbocycles. The molecule has 2 aromatic carbocycles. The number of thiophene rings is 1. The Balaban J connectivity index is 1.64. The third-order valence-corrected chi connectivity index (χ3v) is 6.54. The Hall–Kier alpha value is -2.54. The maximum Gasteiger partial charge on any atom is 0.238 e. The van der Waals surface area contributed by atoms with Crippen LogP contribution in [0.5, 0.6) is 11.5 Å². The molecule has 0 saturated heterocycles. The summed E-state index contributed by atoms with van der Waals surface area (Å²) in [4.78, 5) is 16.2. The molecular formula is C23H23ClN2O3S. The number of nitrogens with zero attached hydrogens (tertiary/aromatic N) is 1. The lowest BCUT2D eigenvalue weighted by molar-refractivity contribution is -0.117. The van der Waals surface area contributed by atoms with Crippen LogP contribution in [0.4, 0.5) is 5.69 Å². The van der Waals surface area contributed by atoms with Crippen molar-refractivity contribution in [3.8, 4) is 11.5 Å². The van der Waals surface area contributed by atoms with Gasteiger partial charge in [-0.05, 0) is 53.3 Å². The molecule has 30 heavy (non-hydrogen) atoms. The molecule has 1 unspecified atom stereocenters. The second-order valence-corrected chi connectivity index (χ2v) is 8.46. The molecule has 0 bridgehead atoms. The van der Waals surface area contributed by atoms with E-state index in [-0.39, 0.29) is 18.5 Å². The molecule has 5 nitrogen and oxygen atoms in total. The molecule has 1 N–H and O–H groups in total. The maximum atomic E-state index is 12.8. The normalized spacial score (nSPS) is 16.0. The maximum absolute atomic E-state index is 12.8. The molecule has 2 heterocycles. The molecular weight excluding hydrogens is 420 g/mol. The van der Waals surface area contributed by atoms with Crippen LogP contribution in [-0.2, 0) is 11.2 Å². The molecule has 0 radical (unpaired) electrons. The van der Waals surface area contributed by atoms with Crippen LogP contribution in [0, 0.1) is 0 Å². The first-order chi connectivity index (χ1) is 14.6. The third-order valence-electron chi connectivity index (χ3n) is 5.28. The van der Waals surface area contributed by atoms with Crippen LogP contribution < -0.4 is 14.8 Å². The number of carbonyl (C=O) groups excluding carboxylic acids is 1. The van der Waals surface area contributed by atoms with Crippen molar-refractivity contribution in [1.82, 2.24) is 4.90 Å². The number of halogens is 1. The van der Waals surface area contributed by atoms with Gasteiger partial charge >= 0.3 is 0 Å². The fourth-order valence-corrected chi connectivity index (χ4v) is 4.94. The van der Waals surface area contributed by atoms with E-state index in [0.717, 1.165) is 24.3 Å². The third kappa shape index (κ3) is 4.17. The van der Waals surface area contributed by atoms with E-state index in [4.69, 9.17) is 21.1 Å². The van der Waals surface area contributed by atoms with Gasteiger partial charge in [0.1, 0.15) is 0 Å². The minimum absolute atomic E-state index is 0.0226. The number of para-hydroxylation sites is 1. The van der Waals surface area contributed by atoms with Gasteiger partial charge in [0.2, 0.25) is 5.91 Å². The molecule has 0 saturated carbocycles. The van der Waals surface area contributed by atoms with Gasteiger partial charge in [-0.15, -0.1) is 11.3 Å². The minimum Gasteiger partial charge on any atom is -0.493 e. The number of hydrogen-bond donors (Lipinski definition) is 1. The molecule has 0 fully saturated rings. The number of ether oxygens (including phenoxy) is 2. The molecule has 1 aliphatic heterocycles. The predicted molar refractivity (Wildman–Crippen MR) is 121 cm³/mol. The van der Waals surface area contributed by atoms with Gasteiger partial charge in [-0.3, -0.25) is 9.69 Å². The number of benzene rings is 2. The van der Waals surface area contributed by atoms with Crippen LogP contribution in [0.15, 0.2) is 53.9 Å². The van der Waals surface area contributed by atoms with E-state index < -0.39 is 0 Å². The molecule has 1 amide bonds. The van der Waals surface area contributed by atoms with Crippen molar-refractivity contribution in [3.05, 3.63) is 74.9 Å². The first-order valence-electron chi connectivity index (χ1n) is 9.67. The smallest absolute Gasteiger partial charge is 0.238 e. The Morgan fingerprint density at radius 3 is 2.63 bits per heavy atom. The fourth-order valence-electron chi connectivity index (χ4n) is 3.88. The first kappa shape index (κ1) is 20.7. The number of fused-ring (bicyclic) bond motifs is 1. The Labute approximate surface area is 185 Å². The predicted octanol–water partition coefficient (Wildman–Crippen LogP) is 5.00. The Morgan fingerprint density at radius 2 is 1.93 bits per heavy atom. The molecule has 0 spiro atoms. The van der Waals surface area contributed by atoms with E-state index in [1.807, 2.05) is 24.3 Å². The second kappa shape index (κ2) is 9.08. The summed E-state index contributed by atoms with van der Waals surface area (Å²) >= 11 is 7.88. The van der Waals surface area contributed by atoms with Crippen LogP contribution in [0.3, 0.4) is 0 Å². The van der Waals surface area contributed by atoms with E-state index in [2.05, 4.69) is 27.7 Å². The lowest BCUT2D eigenvalue weighted by Crippen LogP contribution is -2.41. The van der Waals surface area contributed by atoms with E-state index in [9.17, 15) is 4.79 Å². The van der Waals surface area contributed by atoms with E-state index >= 15 is 0 Å². The first-order valence-corrected chi connectivity index (χ1v) is 10.9. The topological polar surface area (TPSA) is 50.8 Å². The van der Waals surface area contributed by atoms with Crippen molar-refractivity contribution >= 4 is 34.5 Å². The number of methoxy groups -OCH3 is 2. The summed E-state index contributed by atoms with van der Waals surface area (Å²) in [5.74, 6) is 1.33. The average molecular weight is 443 g/mol.